The molecule has 0 amide bonds. The monoisotopic (exact) mass is 717 g/mol. The first kappa shape index (κ1) is 34.8. The Morgan fingerprint density at radius 3 is 1.61 bits per heavy atom. The van der Waals surface area contributed by atoms with Crippen molar-refractivity contribution in [3.8, 4) is 11.1 Å². The highest BCUT2D eigenvalue weighted by atomic mass is 15.1. The Morgan fingerprint density at radius 2 is 1.00 bits per heavy atom. The van der Waals surface area contributed by atoms with Gasteiger partial charge in [-0.3, -0.25) is 0 Å². The summed E-state index contributed by atoms with van der Waals surface area (Å²) in [4.78, 5) is 2.37. The lowest BCUT2D eigenvalue weighted by Gasteiger charge is -2.35. The molecule has 268 valence electrons. The van der Waals surface area contributed by atoms with Gasteiger partial charge in [0.05, 0.1) is 5.41 Å². The molecule has 2 aliphatic carbocycles. The Hall–Kier alpha value is -6.96. The third-order valence-corrected chi connectivity index (χ3v) is 11.2. The van der Waals surface area contributed by atoms with Crippen molar-refractivity contribution in [3.05, 3.63) is 282 Å². The van der Waals surface area contributed by atoms with E-state index in [0.29, 0.717) is 0 Å². The van der Waals surface area contributed by atoms with Crippen LogP contribution >= 0.6 is 0 Å². The molecule has 0 saturated carbocycles. The van der Waals surface area contributed by atoms with Gasteiger partial charge >= 0.3 is 0 Å². The predicted molar refractivity (Wildman–Crippen MR) is 236 cm³/mol. The molecular formula is C55H43N. The molecule has 7 aromatic rings. The van der Waals surface area contributed by atoms with Crippen LogP contribution in [0.3, 0.4) is 0 Å². The summed E-state index contributed by atoms with van der Waals surface area (Å²) < 4.78 is 0. The van der Waals surface area contributed by atoms with E-state index in [4.69, 9.17) is 0 Å². The minimum absolute atomic E-state index is 0.0116. The summed E-state index contributed by atoms with van der Waals surface area (Å²) in [6.07, 6.45) is 16.1. The van der Waals surface area contributed by atoms with E-state index in [9.17, 15) is 0 Å². The summed E-state index contributed by atoms with van der Waals surface area (Å²) in [7, 11) is 0. The minimum Gasteiger partial charge on any atom is -0.310 e. The number of anilines is 3. The second-order valence-electron chi connectivity index (χ2n) is 14.5. The molecule has 0 spiro atoms. The molecule has 56 heavy (non-hydrogen) atoms. The van der Waals surface area contributed by atoms with Crippen LogP contribution in [0, 0.1) is 0 Å². The fourth-order valence-electron chi connectivity index (χ4n) is 8.72. The van der Waals surface area contributed by atoms with Crippen LogP contribution in [-0.2, 0) is 5.41 Å². The number of hydrogen-bond acceptors (Lipinski definition) is 1. The highest BCUT2D eigenvalue weighted by molar-refractivity contribution is 5.90. The van der Waals surface area contributed by atoms with E-state index in [1.54, 1.807) is 0 Å². The Balaban J connectivity index is 1.31. The quantitative estimate of drug-likeness (QED) is 0.151. The van der Waals surface area contributed by atoms with E-state index in [2.05, 4.69) is 242 Å². The van der Waals surface area contributed by atoms with E-state index in [1.165, 1.54) is 50.1 Å². The van der Waals surface area contributed by atoms with Crippen molar-refractivity contribution < 1.29 is 0 Å². The van der Waals surface area contributed by atoms with Gasteiger partial charge in [-0.2, -0.15) is 0 Å². The van der Waals surface area contributed by atoms with E-state index in [0.717, 1.165) is 29.1 Å². The molecule has 0 saturated heterocycles. The number of rotatable bonds is 8. The van der Waals surface area contributed by atoms with Crippen molar-refractivity contribution in [2.45, 2.75) is 17.8 Å². The first-order valence-corrected chi connectivity index (χ1v) is 19.5. The van der Waals surface area contributed by atoms with Gasteiger partial charge in [0, 0.05) is 23.0 Å². The highest BCUT2D eigenvalue weighted by Gasteiger charge is 2.47. The van der Waals surface area contributed by atoms with E-state index in [1.807, 2.05) is 0 Å². The van der Waals surface area contributed by atoms with Gasteiger partial charge in [0.2, 0.25) is 0 Å². The molecule has 0 bridgehead atoms. The molecule has 1 heteroatoms. The summed E-state index contributed by atoms with van der Waals surface area (Å²) in [5.74, 6) is 0.0116. The van der Waals surface area contributed by atoms with Crippen LogP contribution < -0.4 is 4.90 Å². The number of nitrogens with zero attached hydrogens (tertiary/aromatic N) is 1. The topological polar surface area (TPSA) is 3.24 Å². The average Bonchev–Trinajstić information content (AvgIpc) is 3.55. The van der Waals surface area contributed by atoms with Crippen LogP contribution in [0.25, 0.3) is 11.1 Å². The fraction of sp³-hybridized carbons (Fsp3) is 0.0545. The number of fused-ring (bicyclic) bond motifs is 3. The number of allylic oxidation sites excluding steroid dienone is 9. The SMILES string of the molecule is C=C1/C=C\C=C/C/C=C(C(c2ccccc2)c2ccc3c(c2)C(c2ccccc2)(c2ccccc2)c2cc(N(c4ccccc4)c4ccccc4)ccc2-3)\C=C/1. The molecule has 0 fully saturated rings. The highest BCUT2D eigenvalue weighted by Crippen LogP contribution is 2.58. The van der Waals surface area contributed by atoms with Crippen LogP contribution in [0.2, 0.25) is 0 Å². The van der Waals surface area contributed by atoms with Gasteiger partial charge in [-0.05, 0) is 98.5 Å². The van der Waals surface area contributed by atoms with Crippen molar-refractivity contribution in [1.29, 1.82) is 0 Å². The van der Waals surface area contributed by atoms with Gasteiger partial charge in [-0.25, -0.2) is 0 Å². The molecule has 0 aliphatic heterocycles. The largest absolute Gasteiger partial charge is 0.310 e. The fourth-order valence-corrected chi connectivity index (χ4v) is 8.72. The molecule has 7 aromatic carbocycles. The standard InChI is InChI=1S/C55H43N/c1-41-21-9-2-3-10-24-43(34-33-41)54(42-22-11-4-12-23-42)44-35-37-50-51-38-36-49(56(47-29-17-7-18-30-47)48-31-19-8-20-32-48)40-53(51)55(52(50)39-44,45-25-13-5-14-26-45)46-27-15-6-16-28-46/h2-9,11-40,54H,1,10H2/b3-2-,21-9-,34-33-,43-24+. The third-order valence-electron chi connectivity index (χ3n) is 11.2. The first-order chi connectivity index (χ1) is 27.7. The second-order valence-corrected chi connectivity index (χ2v) is 14.5. The van der Waals surface area contributed by atoms with Crippen molar-refractivity contribution in [2.75, 3.05) is 4.90 Å². The third kappa shape index (κ3) is 6.38. The van der Waals surface area contributed by atoms with Gasteiger partial charge in [0.25, 0.3) is 0 Å². The lowest BCUT2D eigenvalue weighted by atomic mass is 9.67. The van der Waals surface area contributed by atoms with E-state index >= 15 is 0 Å². The number of para-hydroxylation sites is 2. The maximum Gasteiger partial charge on any atom is 0.0714 e. The van der Waals surface area contributed by atoms with E-state index in [-0.39, 0.29) is 5.92 Å². The first-order valence-electron chi connectivity index (χ1n) is 19.5. The Morgan fingerprint density at radius 1 is 0.464 bits per heavy atom. The molecule has 0 heterocycles. The van der Waals surface area contributed by atoms with Crippen LogP contribution in [0.15, 0.2) is 248 Å². The van der Waals surface area contributed by atoms with Crippen LogP contribution in [0.4, 0.5) is 17.1 Å². The summed E-state index contributed by atoms with van der Waals surface area (Å²) in [6.45, 7) is 4.30. The average molecular weight is 718 g/mol. The molecule has 0 N–H and O–H groups in total. The van der Waals surface area contributed by atoms with Crippen molar-refractivity contribution >= 4 is 17.1 Å². The van der Waals surface area contributed by atoms with Crippen LogP contribution in [0.1, 0.15) is 45.7 Å². The van der Waals surface area contributed by atoms with Gasteiger partial charge in [0.15, 0.2) is 0 Å². The molecule has 1 atom stereocenters. The lowest BCUT2D eigenvalue weighted by Crippen LogP contribution is -2.29. The minimum atomic E-state index is -0.581. The Labute approximate surface area is 331 Å². The van der Waals surface area contributed by atoms with Crippen molar-refractivity contribution in [2.24, 2.45) is 0 Å². The van der Waals surface area contributed by atoms with Gasteiger partial charge in [-0.1, -0.05) is 201 Å². The molecule has 9 rings (SSSR count). The normalized spacial score (nSPS) is 17.4. The van der Waals surface area contributed by atoms with Gasteiger partial charge in [0.1, 0.15) is 0 Å². The van der Waals surface area contributed by atoms with Gasteiger partial charge < -0.3 is 4.90 Å². The molecule has 1 nitrogen and oxygen atoms in total. The number of benzene rings is 7. The second kappa shape index (κ2) is 15.4. The summed E-state index contributed by atoms with van der Waals surface area (Å²) >= 11 is 0. The predicted octanol–water partition coefficient (Wildman–Crippen LogP) is 14.2. The zero-order chi connectivity index (χ0) is 37.7. The molecule has 1 unspecified atom stereocenters. The lowest BCUT2D eigenvalue weighted by molar-refractivity contribution is 0.765. The molecular weight excluding hydrogens is 675 g/mol. The summed E-state index contributed by atoms with van der Waals surface area (Å²) in [5.41, 5.74) is 15.1. The smallest absolute Gasteiger partial charge is 0.0714 e. The van der Waals surface area contributed by atoms with Crippen LogP contribution in [0.5, 0.6) is 0 Å². The van der Waals surface area contributed by atoms with Crippen molar-refractivity contribution in [1.82, 2.24) is 0 Å². The summed E-state index contributed by atoms with van der Waals surface area (Å²) in [5, 5.41) is 0. The maximum absolute atomic E-state index is 4.30. The maximum atomic E-state index is 4.30. The molecule has 2 aliphatic rings. The molecule has 0 aromatic heterocycles. The molecule has 0 radical (unpaired) electrons. The zero-order valence-corrected chi connectivity index (χ0v) is 31.4. The number of hydrogen-bond donors (Lipinski definition) is 0. The van der Waals surface area contributed by atoms with Crippen molar-refractivity contribution in [3.63, 3.8) is 0 Å². The van der Waals surface area contributed by atoms with E-state index < -0.39 is 5.41 Å². The zero-order valence-electron chi connectivity index (χ0n) is 31.4. The van der Waals surface area contributed by atoms with Crippen LogP contribution in [-0.4, -0.2) is 0 Å². The Kier molecular flexibility index (Phi) is 9.58. The Bertz CT molecular complexity index is 2520. The van der Waals surface area contributed by atoms with Gasteiger partial charge in [-0.15, -0.1) is 0 Å². The summed E-state index contributed by atoms with van der Waals surface area (Å²) in [6, 6.07) is 68.9.